The van der Waals surface area contributed by atoms with E-state index in [0.29, 0.717) is 0 Å². The van der Waals surface area contributed by atoms with E-state index in [1.807, 2.05) is 48.5 Å². The van der Waals surface area contributed by atoms with E-state index in [4.69, 9.17) is 4.98 Å². The lowest BCUT2D eigenvalue weighted by Gasteiger charge is -2.35. The van der Waals surface area contributed by atoms with Gasteiger partial charge in [0.05, 0.1) is 10.2 Å². The van der Waals surface area contributed by atoms with Crippen LogP contribution < -0.4 is 0 Å². The highest BCUT2D eigenvalue weighted by Crippen LogP contribution is 2.44. The van der Waals surface area contributed by atoms with Crippen LogP contribution in [0.1, 0.15) is 23.4 Å². The number of allylic oxidation sites excluding steroid dienone is 1. The standard InChI is InChI=1S/C27H26N2OS/c1-5-27(2,21-17-15-20(16-18-21)19-11-7-6-8-12-19)24(26(30)29(3)4)25-28-22-13-9-10-14-23(22)31-25/h5-18,24H,1H2,2-4H3/t24-,27+/m1/s1. The summed E-state index contributed by atoms with van der Waals surface area (Å²) < 4.78 is 1.08. The summed E-state index contributed by atoms with van der Waals surface area (Å²) >= 11 is 1.58. The summed E-state index contributed by atoms with van der Waals surface area (Å²) in [5.74, 6) is -0.437. The highest BCUT2D eigenvalue weighted by atomic mass is 32.1. The fourth-order valence-electron chi connectivity index (χ4n) is 3.95. The molecule has 2 atom stereocenters. The van der Waals surface area contributed by atoms with Gasteiger partial charge in [0.2, 0.25) is 5.91 Å². The summed E-state index contributed by atoms with van der Waals surface area (Å²) in [4.78, 5) is 19.9. The average Bonchev–Trinajstić information content (AvgIpc) is 3.23. The van der Waals surface area contributed by atoms with Gasteiger partial charge in [0.25, 0.3) is 0 Å². The topological polar surface area (TPSA) is 33.2 Å². The number of benzene rings is 3. The van der Waals surface area contributed by atoms with Crippen LogP contribution in [0, 0.1) is 0 Å². The van der Waals surface area contributed by atoms with Crippen LogP contribution in [-0.4, -0.2) is 29.9 Å². The molecule has 0 fully saturated rings. The van der Waals surface area contributed by atoms with Crippen molar-refractivity contribution in [3.05, 3.63) is 102 Å². The van der Waals surface area contributed by atoms with Crippen molar-refractivity contribution in [1.29, 1.82) is 0 Å². The third-order valence-corrected chi connectivity index (χ3v) is 6.98. The number of hydrogen-bond acceptors (Lipinski definition) is 3. The molecule has 0 unspecified atom stereocenters. The molecule has 1 aromatic heterocycles. The zero-order valence-electron chi connectivity index (χ0n) is 18.1. The number of nitrogens with zero attached hydrogens (tertiary/aromatic N) is 2. The van der Waals surface area contributed by atoms with Crippen molar-refractivity contribution in [2.45, 2.75) is 18.3 Å². The van der Waals surface area contributed by atoms with Gasteiger partial charge in [-0.1, -0.05) is 79.7 Å². The molecule has 156 valence electrons. The molecule has 4 rings (SSSR count). The van der Waals surface area contributed by atoms with Crippen LogP contribution >= 0.6 is 11.3 Å². The van der Waals surface area contributed by atoms with E-state index in [9.17, 15) is 4.79 Å². The van der Waals surface area contributed by atoms with Crippen molar-refractivity contribution in [2.75, 3.05) is 14.1 Å². The lowest BCUT2D eigenvalue weighted by Crippen LogP contribution is -2.40. The van der Waals surface area contributed by atoms with E-state index in [-0.39, 0.29) is 5.91 Å². The number of hydrogen-bond donors (Lipinski definition) is 0. The molecular formula is C27H26N2OS. The first-order chi connectivity index (χ1) is 14.9. The summed E-state index contributed by atoms with van der Waals surface area (Å²) in [6.45, 7) is 6.22. The number of rotatable bonds is 6. The van der Waals surface area contributed by atoms with Gasteiger partial charge >= 0.3 is 0 Å². The highest BCUT2D eigenvalue weighted by Gasteiger charge is 2.42. The molecule has 31 heavy (non-hydrogen) atoms. The number of likely N-dealkylation sites (N-methyl/N-ethyl adjacent to an activating group) is 1. The molecule has 3 aromatic carbocycles. The Balaban J connectivity index is 1.81. The van der Waals surface area contributed by atoms with Gasteiger partial charge in [0.15, 0.2) is 0 Å². The van der Waals surface area contributed by atoms with Gasteiger partial charge < -0.3 is 4.90 Å². The maximum Gasteiger partial charge on any atom is 0.233 e. The van der Waals surface area contributed by atoms with Crippen LogP contribution in [0.5, 0.6) is 0 Å². The van der Waals surface area contributed by atoms with Crippen LogP contribution in [-0.2, 0) is 10.2 Å². The van der Waals surface area contributed by atoms with Crippen LogP contribution in [0.4, 0.5) is 0 Å². The van der Waals surface area contributed by atoms with E-state index in [1.54, 1.807) is 30.3 Å². The van der Waals surface area contributed by atoms with Crippen molar-refractivity contribution in [3.63, 3.8) is 0 Å². The molecule has 0 aliphatic rings. The molecule has 0 N–H and O–H groups in total. The van der Waals surface area contributed by atoms with E-state index >= 15 is 0 Å². The summed E-state index contributed by atoms with van der Waals surface area (Å²) in [6, 6.07) is 26.7. The molecule has 3 nitrogen and oxygen atoms in total. The summed E-state index contributed by atoms with van der Waals surface area (Å²) in [6.07, 6.45) is 1.89. The van der Waals surface area contributed by atoms with Crippen LogP contribution in [0.3, 0.4) is 0 Å². The zero-order valence-corrected chi connectivity index (χ0v) is 18.9. The van der Waals surface area contributed by atoms with Crippen molar-refractivity contribution < 1.29 is 4.79 Å². The largest absolute Gasteiger partial charge is 0.348 e. The van der Waals surface area contributed by atoms with Crippen LogP contribution in [0.25, 0.3) is 21.3 Å². The van der Waals surface area contributed by atoms with Gasteiger partial charge in [-0.15, -0.1) is 17.9 Å². The summed E-state index contributed by atoms with van der Waals surface area (Å²) in [7, 11) is 3.59. The Labute approximate surface area is 187 Å². The summed E-state index contributed by atoms with van der Waals surface area (Å²) in [5, 5.41) is 0.814. The minimum absolute atomic E-state index is 0.0218. The lowest BCUT2D eigenvalue weighted by atomic mass is 9.71. The predicted molar refractivity (Wildman–Crippen MR) is 130 cm³/mol. The van der Waals surface area contributed by atoms with E-state index in [1.165, 1.54) is 5.56 Å². The van der Waals surface area contributed by atoms with Crippen molar-refractivity contribution in [3.8, 4) is 11.1 Å². The first kappa shape index (κ1) is 21.0. The van der Waals surface area contributed by atoms with Crippen LogP contribution in [0.2, 0.25) is 0 Å². The van der Waals surface area contributed by atoms with Gasteiger partial charge in [-0.2, -0.15) is 0 Å². The predicted octanol–water partition coefficient (Wildman–Crippen LogP) is 6.28. The second-order valence-corrected chi connectivity index (χ2v) is 9.18. The first-order valence-corrected chi connectivity index (χ1v) is 11.1. The Hall–Kier alpha value is -3.24. The minimum Gasteiger partial charge on any atom is -0.348 e. The van der Waals surface area contributed by atoms with Crippen molar-refractivity contribution in [1.82, 2.24) is 9.88 Å². The highest BCUT2D eigenvalue weighted by molar-refractivity contribution is 7.18. The minimum atomic E-state index is -0.607. The fraction of sp³-hybridized carbons (Fsp3) is 0.185. The monoisotopic (exact) mass is 426 g/mol. The Morgan fingerprint density at radius 3 is 2.19 bits per heavy atom. The molecule has 1 heterocycles. The normalized spacial score (nSPS) is 14.0. The zero-order chi connectivity index (χ0) is 22.0. The number of carbonyl (C=O) groups excluding carboxylic acids is 1. The van der Waals surface area contributed by atoms with E-state index in [2.05, 4.69) is 49.9 Å². The Kier molecular flexibility index (Phi) is 5.75. The Bertz CT molecular complexity index is 1180. The van der Waals surface area contributed by atoms with Crippen LogP contribution in [0.15, 0.2) is 91.5 Å². The number of aromatic nitrogens is 1. The summed E-state index contributed by atoms with van der Waals surface area (Å²) in [5.41, 5.74) is 3.67. The number of thiazole rings is 1. The fourth-order valence-corrected chi connectivity index (χ4v) is 5.14. The molecule has 4 heteroatoms. The molecular weight excluding hydrogens is 400 g/mol. The molecule has 0 saturated carbocycles. The molecule has 0 aliphatic heterocycles. The molecule has 0 radical (unpaired) electrons. The Morgan fingerprint density at radius 2 is 1.58 bits per heavy atom. The lowest BCUT2D eigenvalue weighted by molar-refractivity contribution is -0.131. The second kappa shape index (κ2) is 8.48. The van der Waals surface area contributed by atoms with Crippen molar-refractivity contribution in [2.24, 2.45) is 0 Å². The van der Waals surface area contributed by atoms with Gasteiger partial charge in [0, 0.05) is 19.5 Å². The molecule has 0 aliphatic carbocycles. The molecule has 0 saturated heterocycles. The van der Waals surface area contributed by atoms with Gasteiger partial charge in [0.1, 0.15) is 10.9 Å². The maximum absolute atomic E-state index is 13.4. The molecule has 1 amide bonds. The van der Waals surface area contributed by atoms with E-state index < -0.39 is 11.3 Å². The van der Waals surface area contributed by atoms with E-state index in [0.717, 1.165) is 26.4 Å². The number of para-hydroxylation sites is 1. The van der Waals surface area contributed by atoms with Gasteiger partial charge in [-0.05, 0) is 28.8 Å². The molecule has 0 spiro atoms. The Morgan fingerprint density at radius 1 is 0.968 bits per heavy atom. The first-order valence-electron chi connectivity index (χ1n) is 10.3. The molecule has 0 bridgehead atoms. The quantitative estimate of drug-likeness (QED) is 0.340. The van der Waals surface area contributed by atoms with Gasteiger partial charge in [-0.3, -0.25) is 4.79 Å². The number of amides is 1. The maximum atomic E-state index is 13.4. The average molecular weight is 427 g/mol. The SMILES string of the molecule is C=C[C@@](C)(c1ccc(-c2ccccc2)cc1)[C@@H](C(=O)N(C)C)c1nc2ccccc2s1. The smallest absolute Gasteiger partial charge is 0.233 e. The van der Waals surface area contributed by atoms with Gasteiger partial charge in [-0.25, -0.2) is 4.98 Å². The number of carbonyl (C=O) groups is 1. The third-order valence-electron chi connectivity index (χ3n) is 5.88. The second-order valence-electron chi connectivity index (χ2n) is 8.12. The third kappa shape index (κ3) is 3.91. The van der Waals surface area contributed by atoms with Crippen molar-refractivity contribution >= 4 is 27.5 Å². The number of fused-ring (bicyclic) bond motifs is 1. The molecule has 4 aromatic rings.